The van der Waals surface area contributed by atoms with Crippen LogP contribution in [-0.2, 0) is 4.74 Å². The van der Waals surface area contributed by atoms with E-state index in [0.29, 0.717) is 37.7 Å². The van der Waals surface area contributed by atoms with Crippen LogP contribution in [0.2, 0.25) is 0 Å². The lowest BCUT2D eigenvalue weighted by atomic mass is 9.91. The van der Waals surface area contributed by atoms with Crippen LogP contribution >= 0.6 is 0 Å². The van der Waals surface area contributed by atoms with Gasteiger partial charge in [-0.2, -0.15) is 0 Å². The molecular weight excluding hydrogens is 264 g/mol. The van der Waals surface area contributed by atoms with E-state index in [1.807, 2.05) is 0 Å². The number of hydrogen-bond acceptors (Lipinski definition) is 7. The van der Waals surface area contributed by atoms with Crippen LogP contribution in [0.25, 0.3) is 0 Å². The van der Waals surface area contributed by atoms with Gasteiger partial charge < -0.3 is 20.5 Å². The van der Waals surface area contributed by atoms with Crippen molar-refractivity contribution in [1.29, 1.82) is 0 Å². The minimum Gasteiger partial charge on any atom is -0.394 e. The quantitative estimate of drug-likeness (QED) is 0.545. The van der Waals surface area contributed by atoms with Gasteiger partial charge in [-0.1, -0.05) is 0 Å². The molecule has 1 aliphatic heterocycles. The fourth-order valence-corrected chi connectivity index (χ4v) is 2.17. The summed E-state index contributed by atoms with van der Waals surface area (Å²) >= 11 is 0. The molecule has 3 N–H and O–H groups in total. The Morgan fingerprint density at radius 2 is 2.10 bits per heavy atom. The highest BCUT2D eigenvalue weighted by Crippen LogP contribution is 2.27. The summed E-state index contributed by atoms with van der Waals surface area (Å²) in [5.74, 6) is 0.779. The van der Waals surface area contributed by atoms with Gasteiger partial charge in [0, 0.05) is 20.3 Å². The molecule has 0 saturated carbocycles. The lowest BCUT2D eigenvalue weighted by Gasteiger charge is -2.36. The summed E-state index contributed by atoms with van der Waals surface area (Å²) in [6, 6.07) is 2.73. The van der Waals surface area contributed by atoms with Crippen LogP contribution in [0.15, 0.2) is 12.1 Å². The van der Waals surface area contributed by atoms with Gasteiger partial charge in [0.15, 0.2) is 0 Å². The van der Waals surface area contributed by atoms with Crippen molar-refractivity contribution in [2.75, 3.05) is 37.5 Å². The van der Waals surface area contributed by atoms with Gasteiger partial charge >= 0.3 is 0 Å². The van der Waals surface area contributed by atoms with Crippen molar-refractivity contribution >= 4 is 17.3 Å². The van der Waals surface area contributed by atoms with Gasteiger partial charge in [0.05, 0.1) is 29.2 Å². The maximum atomic E-state index is 10.9. The molecule has 1 aliphatic rings. The Morgan fingerprint density at radius 1 is 1.45 bits per heavy atom. The number of anilines is 2. The zero-order valence-corrected chi connectivity index (χ0v) is 11.3. The van der Waals surface area contributed by atoms with Gasteiger partial charge in [-0.15, -0.1) is 0 Å². The monoisotopic (exact) mass is 282 g/mol. The Hall–Kier alpha value is -1.93. The number of nitro groups is 1. The smallest absolute Gasteiger partial charge is 0.276 e. The second-order valence-corrected chi connectivity index (χ2v) is 4.78. The second kappa shape index (κ2) is 6.02. The molecule has 2 heterocycles. The summed E-state index contributed by atoms with van der Waals surface area (Å²) in [4.78, 5) is 14.7. The highest BCUT2D eigenvalue weighted by Gasteiger charge is 2.32. The minimum absolute atomic E-state index is 0.0491. The summed E-state index contributed by atoms with van der Waals surface area (Å²) in [7, 11) is 1.64. The number of nitrogens with one attached hydrogen (secondary N) is 2. The average molecular weight is 282 g/mol. The predicted octanol–water partition coefficient (Wildman–Crippen LogP) is 0.985. The molecule has 20 heavy (non-hydrogen) atoms. The van der Waals surface area contributed by atoms with E-state index in [9.17, 15) is 15.2 Å². The van der Waals surface area contributed by atoms with Crippen LogP contribution in [0.1, 0.15) is 12.8 Å². The molecule has 1 aromatic rings. The lowest BCUT2D eigenvalue weighted by Crippen LogP contribution is -2.47. The predicted molar refractivity (Wildman–Crippen MR) is 73.9 cm³/mol. The van der Waals surface area contributed by atoms with Crippen LogP contribution in [0.3, 0.4) is 0 Å². The third kappa shape index (κ3) is 3.14. The standard InChI is InChI=1S/C12H18N4O4/c1-13-10-6-9(16(18)19)7-11(14-10)15-12(8-17)2-4-20-5-3-12/h6-7,17H,2-5,8H2,1H3,(H2,13,14,15). The Morgan fingerprint density at radius 3 is 2.65 bits per heavy atom. The van der Waals surface area contributed by atoms with Gasteiger partial charge in [-0.25, -0.2) is 4.98 Å². The average Bonchev–Trinajstić information content (AvgIpc) is 2.47. The van der Waals surface area contributed by atoms with Gasteiger partial charge in [0.2, 0.25) is 0 Å². The zero-order chi connectivity index (χ0) is 14.6. The lowest BCUT2D eigenvalue weighted by molar-refractivity contribution is -0.384. The van der Waals surface area contributed by atoms with E-state index < -0.39 is 10.5 Å². The van der Waals surface area contributed by atoms with Gasteiger partial charge in [0.1, 0.15) is 11.6 Å². The fraction of sp³-hybridized carbons (Fsp3) is 0.583. The van der Waals surface area contributed by atoms with Gasteiger partial charge in [-0.05, 0) is 12.8 Å². The van der Waals surface area contributed by atoms with E-state index in [-0.39, 0.29) is 12.3 Å². The highest BCUT2D eigenvalue weighted by molar-refractivity contribution is 5.55. The van der Waals surface area contributed by atoms with Crippen molar-refractivity contribution in [2.45, 2.75) is 18.4 Å². The highest BCUT2D eigenvalue weighted by atomic mass is 16.6. The van der Waals surface area contributed by atoms with Crippen LogP contribution in [0.5, 0.6) is 0 Å². The molecule has 1 fully saturated rings. The van der Waals surface area contributed by atoms with Crippen molar-refractivity contribution in [2.24, 2.45) is 0 Å². The molecule has 0 radical (unpaired) electrons. The van der Waals surface area contributed by atoms with Crippen molar-refractivity contribution in [1.82, 2.24) is 4.98 Å². The van der Waals surface area contributed by atoms with Crippen molar-refractivity contribution < 1.29 is 14.8 Å². The van der Waals surface area contributed by atoms with E-state index in [1.165, 1.54) is 12.1 Å². The molecule has 1 saturated heterocycles. The number of aliphatic hydroxyl groups excluding tert-OH is 1. The van der Waals surface area contributed by atoms with Crippen molar-refractivity contribution in [3.63, 3.8) is 0 Å². The molecule has 0 unspecified atom stereocenters. The van der Waals surface area contributed by atoms with Crippen LogP contribution in [0, 0.1) is 10.1 Å². The zero-order valence-electron chi connectivity index (χ0n) is 11.3. The normalized spacial score (nSPS) is 17.5. The second-order valence-electron chi connectivity index (χ2n) is 4.78. The SMILES string of the molecule is CNc1cc([N+](=O)[O-])cc(NC2(CO)CCOCC2)n1. The number of rotatable bonds is 5. The maximum Gasteiger partial charge on any atom is 0.276 e. The van der Waals surface area contributed by atoms with E-state index in [1.54, 1.807) is 7.05 Å². The van der Waals surface area contributed by atoms with Crippen molar-refractivity contribution in [3.05, 3.63) is 22.2 Å². The molecule has 0 aromatic carbocycles. The van der Waals surface area contributed by atoms with Gasteiger partial charge in [-0.3, -0.25) is 10.1 Å². The largest absolute Gasteiger partial charge is 0.394 e. The number of aromatic nitrogens is 1. The minimum atomic E-state index is -0.536. The molecule has 0 atom stereocenters. The van der Waals surface area contributed by atoms with Gasteiger partial charge in [0.25, 0.3) is 5.69 Å². The van der Waals surface area contributed by atoms with E-state index >= 15 is 0 Å². The first kappa shape index (κ1) is 14.5. The number of pyridine rings is 1. The topological polar surface area (TPSA) is 110 Å². The number of nitrogens with zero attached hydrogens (tertiary/aromatic N) is 2. The number of hydrogen-bond donors (Lipinski definition) is 3. The Balaban J connectivity index is 2.27. The first-order valence-corrected chi connectivity index (χ1v) is 6.39. The molecule has 0 spiro atoms. The van der Waals surface area contributed by atoms with Crippen LogP contribution in [-0.4, -0.2) is 47.4 Å². The van der Waals surface area contributed by atoms with Crippen LogP contribution < -0.4 is 10.6 Å². The summed E-state index contributed by atoms with van der Waals surface area (Å²) in [6.07, 6.45) is 1.26. The molecule has 110 valence electrons. The molecular formula is C12H18N4O4. The number of aliphatic hydroxyl groups is 1. The molecule has 0 aliphatic carbocycles. The van der Waals surface area contributed by atoms with Crippen LogP contribution in [0.4, 0.5) is 17.3 Å². The number of ether oxygens (including phenoxy) is 1. The van der Waals surface area contributed by atoms with E-state index in [4.69, 9.17) is 4.74 Å². The van der Waals surface area contributed by atoms with E-state index in [2.05, 4.69) is 15.6 Å². The van der Waals surface area contributed by atoms with Crippen molar-refractivity contribution in [3.8, 4) is 0 Å². The Bertz CT molecular complexity index is 488. The summed E-state index contributed by atoms with van der Waals surface area (Å²) in [6.45, 7) is 1.01. The molecule has 8 nitrogen and oxygen atoms in total. The third-order valence-electron chi connectivity index (χ3n) is 3.42. The van der Waals surface area contributed by atoms with E-state index in [0.717, 1.165) is 0 Å². The Labute approximate surface area is 116 Å². The first-order chi connectivity index (χ1) is 9.58. The maximum absolute atomic E-state index is 10.9. The molecule has 8 heteroatoms. The summed E-state index contributed by atoms with van der Waals surface area (Å²) in [5, 5.41) is 26.4. The fourth-order valence-electron chi connectivity index (χ4n) is 2.17. The third-order valence-corrected chi connectivity index (χ3v) is 3.42. The summed E-state index contributed by atoms with van der Waals surface area (Å²) in [5.41, 5.74) is -0.585. The molecule has 0 amide bonds. The Kier molecular flexibility index (Phi) is 4.35. The molecule has 0 bridgehead atoms. The summed E-state index contributed by atoms with van der Waals surface area (Å²) < 4.78 is 5.28. The molecule has 2 rings (SSSR count). The first-order valence-electron chi connectivity index (χ1n) is 6.39. The molecule has 1 aromatic heterocycles.